The molecule has 0 bridgehead atoms. The molecule has 2 aromatic rings. The fraction of sp³-hybridized carbons (Fsp3) is 0.200. The third-order valence-corrected chi connectivity index (χ3v) is 2.25. The van der Waals surface area contributed by atoms with Crippen LogP contribution in [0.3, 0.4) is 0 Å². The molecule has 2 aromatic heterocycles. The van der Waals surface area contributed by atoms with E-state index in [1.54, 1.807) is 25.6 Å². The molecule has 0 aromatic carbocycles. The Labute approximate surface area is 97.5 Å². The van der Waals surface area contributed by atoms with Crippen LogP contribution < -0.4 is 4.74 Å². The lowest BCUT2D eigenvalue weighted by Gasteiger charge is -2.01. The van der Waals surface area contributed by atoms with E-state index >= 15 is 0 Å². The van der Waals surface area contributed by atoms with Gasteiger partial charge in [-0.3, -0.25) is 0 Å². The monoisotopic (exact) mass is 236 g/mol. The molecule has 82 valence electrons. The second-order valence-corrected chi connectivity index (χ2v) is 3.26. The van der Waals surface area contributed by atoms with Crippen LogP contribution in [0.25, 0.3) is 11.5 Å². The summed E-state index contributed by atoms with van der Waals surface area (Å²) in [4.78, 5) is 16.3. The summed E-state index contributed by atoms with van der Waals surface area (Å²) in [6.07, 6.45) is 4.75. The van der Waals surface area contributed by atoms with Crippen LogP contribution in [-0.2, 0) is 5.88 Å². The van der Waals surface area contributed by atoms with E-state index in [1.807, 2.05) is 0 Å². The van der Waals surface area contributed by atoms with Crippen molar-refractivity contribution >= 4 is 11.6 Å². The van der Waals surface area contributed by atoms with E-state index in [9.17, 15) is 0 Å². The normalized spacial score (nSPS) is 10.1. The Hall–Kier alpha value is -1.75. The second-order valence-electron chi connectivity index (χ2n) is 2.99. The first-order valence-corrected chi connectivity index (χ1v) is 5.10. The standard InChI is InChI=1S/C10H9ClN4O/c1-16-9-2-8(14-6-15-9)10-12-4-7(3-11)5-13-10/h2,4-6H,3H2,1H3. The first-order valence-electron chi connectivity index (χ1n) is 4.57. The predicted octanol–water partition coefficient (Wildman–Crippen LogP) is 1.68. The van der Waals surface area contributed by atoms with Crippen molar-refractivity contribution in [3.05, 3.63) is 30.4 Å². The second kappa shape index (κ2) is 4.85. The van der Waals surface area contributed by atoms with Gasteiger partial charge in [0.25, 0.3) is 0 Å². The summed E-state index contributed by atoms with van der Waals surface area (Å²) in [5, 5.41) is 0. The molecule has 0 atom stereocenters. The van der Waals surface area contributed by atoms with Crippen molar-refractivity contribution in [3.8, 4) is 17.4 Å². The summed E-state index contributed by atoms with van der Waals surface area (Å²) in [5.74, 6) is 1.40. The van der Waals surface area contributed by atoms with Crippen molar-refractivity contribution in [1.82, 2.24) is 19.9 Å². The van der Waals surface area contributed by atoms with Crippen LogP contribution >= 0.6 is 11.6 Å². The molecule has 5 nitrogen and oxygen atoms in total. The van der Waals surface area contributed by atoms with Gasteiger partial charge in [-0.05, 0) is 0 Å². The van der Waals surface area contributed by atoms with Crippen molar-refractivity contribution in [3.63, 3.8) is 0 Å². The summed E-state index contributed by atoms with van der Waals surface area (Å²) >= 11 is 5.65. The minimum Gasteiger partial charge on any atom is -0.481 e. The maximum atomic E-state index is 5.65. The van der Waals surface area contributed by atoms with Crippen molar-refractivity contribution < 1.29 is 4.74 Å². The van der Waals surface area contributed by atoms with Crippen molar-refractivity contribution in [2.45, 2.75) is 5.88 Å². The first kappa shape index (κ1) is 10.8. The molecule has 0 amide bonds. The van der Waals surface area contributed by atoms with E-state index in [-0.39, 0.29) is 0 Å². The molecule has 6 heteroatoms. The molecular formula is C10H9ClN4O. The van der Waals surface area contributed by atoms with E-state index < -0.39 is 0 Å². The number of aromatic nitrogens is 4. The molecule has 0 spiro atoms. The lowest BCUT2D eigenvalue weighted by Crippen LogP contribution is -1.95. The third-order valence-electron chi connectivity index (χ3n) is 1.94. The van der Waals surface area contributed by atoms with E-state index in [1.165, 1.54) is 6.33 Å². The Balaban J connectivity index is 2.34. The van der Waals surface area contributed by atoms with Crippen LogP contribution in [0.2, 0.25) is 0 Å². The minimum atomic E-state index is 0.396. The third kappa shape index (κ3) is 2.25. The number of hydrogen-bond donors (Lipinski definition) is 0. The summed E-state index contributed by atoms with van der Waals surface area (Å²) in [5.41, 5.74) is 1.49. The average Bonchev–Trinajstić information content (AvgIpc) is 2.39. The van der Waals surface area contributed by atoms with Crippen LogP contribution in [0.1, 0.15) is 5.56 Å². The van der Waals surface area contributed by atoms with E-state index in [2.05, 4.69) is 19.9 Å². The average molecular weight is 237 g/mol. The molecule has 2 rings (SSSR count). The van der Waals surface area contributed by atoms with Crippen LogP contribution in [0.15, 0.2) is 24.8 Å². The molecule has 0 radical (unpaired) electrons. The zero-order valence-electron chi connectivity index (χ0n) is 8.59. The fourth-order valence-corrected chi connectivity index (χ4v) is 1.27. The predicted molar refractivity (Wildman–Crippen MR) is 59.2 cm³/mol. The Kier molecular flexibility index (Phi) is 3.26. The van der Waals surface area contributed by atoms with Crippen molar-refractivity contribution in [1.29, 1.82) is 0 Å². The zero-order chi connectivity index (χ0) is 11.4. The summed E-state index contributed by atoms with van der Waals surface area (Å²) in [7, 11) is 1.55. The molecule has 2 heterocycles. The quantitative estimate of drug-likeness (QED) is 0.759. The molecule has 0 N–H and O–H groups in total. The van der Waals surface area contributed by atoms with Crippen LogP contribution in [-0.4, -0.2) is 27.0 Å². The fourth-order valence-electron chi connectivity index (χ4n) is 1.13. The van der Waals surface area contributed by atoms with Crippen molar-refractivity contribution in [2.24, 2.45) is 0 Å². The lowest BCUT2D eigenvalue weighted by molar-refractivity contribution is 0.397. The van der Waals surface area contributed by atoms with E-state index in [0.29, 0.717) is 23.3 Å². The minimum absolute atomic E-state index is 0.396. The Morgan fingerprint density at radius 3 is 2.56 bits per heavy atom. The number of ether oxygens (including phenoxy) is 1. The molecular weight excluding hydrogens is 228 g/mol. The molecule has 0 aliphatic heterocycles. The van der Waals surface area contributed by atoms with E-state index in [4.69, 9.17) is 16.3 Å². The van der Waals surface area contributed by atoms with Gasteiger partial charge in [-0.15, -0.1) is 11.6 Å². The highest BCUT2D eigenvalue weighted by Gasteiger charge is 2.04. The van der Waals surface area contributed by atoms with Gasteiger partial charge in [0, 0.05) is 24.0 Å². The summed E-state index contributed by atoms with van der Waals surface area (Å²) in [6.45, 7) is 0. The molecule has 0 saturated heterocycles. The van der Waals surface area contributed by atoms with Gasteiger partial charge in [0.05, 0.1) is 13.0 Å². The largest absolute Gasteiger partial charge is 0.481 e. The van der Waals surface area contributed by atoms with Gasteiger partial charge in [-0.25, -0.2) is 19.9 Å². The summed E-state index contributed by atoms with van der Waals surface area (Å²) < 4.78 is 4.99. The number of alkyl halides is 1. The first-order chi connectivity index (χ1) is 7.83. The van der Waals surface area contributed by atoms with Gasteiger partial charge >= 0.3 is 0 Å². The molecule has 0 aliphatic carbocycles. The molecule has 16 heavy (non-hydrogen) atoms. The molecule has 0 unspecified atom stereocenters. The maximum Gasteiger partial charge on any atom is 0.216 e. The Morgan fingerprint density at radius 2 is 1.94 bits per heavy atom. The number of rotatable bonds is 3. The summed E-state index contributed by atoms with van der Waals surface area (Å²) in [6, 6.07) is 1.68. The number of methoxy groups -OCH3 is 1. The van der Waals surface area contributed by atoms with Crippen molar-refractivity contribution in [2.75, 3.05) is 7.11 Å². The van der Waals surface area contributed by atoms with E-state index in [0.717, 1.165) is 5.56 Å². The van der Waals surface area contributed by atoms with Gasteiger partial charge in [0.2, 0.25) is 5.88 Å². The topological polar surface area (TPSA) is 60.8 Å². The lowest BCUT2D eigenvalue weighted by atomic mass is 10.3. The number of halogens is 1. The van der Waals surface area contributed by atoms with Gasteiger partial charge in [-0.2, -0.15) is 0 Å². The Bertz CT molecular complexity index is 475. The van der Waals surface area contributed by atoms with Gasteiger partial charge < -0.3 is 4.74 Å². The molecule has 0 aliphatic rings. The van der Waals surface area contributed by atoms with Gasteiger partial charge in [0.15, 0.2) is 5.82 Å². The van der Waals surface area contributed by atoms with Crippen LogP contribution in [0, 0.1) is 0 Å². The molecule has 0 saturated carbocycles. The number of nitrogens with zero attached hydrogens (tertiary/aromatic N) is 4. The van der Waals surface area contributed by atoms with Gasteiger partial charge in [0.1, 0.15) is 12.0 Å². The van der Waals surface area contributed by atoms with Crippen LogP contribution in [0.5, 0.6) is 5.88 Å². The van der Waals surface area contributed by atoms with Gasteiger partial charge in [-0.1, -0.05) is 0 Å². The molecule has 0 fully saturated rings. The smallest absolute Gasteiger partial charge is 0.216 e. The highest BCUT2D eigenvalue weighted by Crippen LogP contribution is 2.15. The maximum absolute atomic E-state index is 5.65. The zero-order valence-corrected chi connectivity index (χ0v) is 9.35. The highest BCUT2D eigenvalue weighted by atomic mass is 35.5. The van der Waals surface area contributed by atoms with Crippen LogP contribution in [0.4, 0.5) is 0 Å². The Morgan fingerprint density at radius 1 is 1.19 bits per heavy atom. The highest BCUT2D eigenvalue weighted by molar-refractivity contribution is 6.17. The SMILES string of the molecule is COc1cc(-c2ncc(CCl)cn2)ncn1. The number of hydrogen-bond acceptors (Lipinski definition) is 5.